The van der Waals surface area contributed by atoms with Crippen molar-refractivity contribution in [1.29, 1.82) is 0 Å². The summed E-state index contributed by atoms with van der Waals surface area (Å²) in [6.45, 7) is 2.17. The molecule has 0 aliphatic carbocycles. The summed E-state index contributed by atoms with van der Waals surface area (Å²) in [5.41, 5.74) is 1.21. The average Bonchev–Trinajstić information content (AvgIpc) is 2.68. The molecular weight excluding hydrogens is 216 g/mol. The van der Waals surface area contributed by atoms with Gasteiger partial charge in [0.05, 0.1) is 20.4 Å². The van der Waals surface area contributed by atoms with E-state index >= 15 is 0 Å². The third kappa shape index (κ3) is 2.37. The molecule has 0 saturated carbocycles. The number of rotatable bonds is 3. The van der Waals surface area contributed by atoms with E-state index in [1.165, 1.54) is 5.56 Å². The van der Waals surface area contributed by atoms with E-state index in [9.17, 15) is 0 Å². The van der Waals surface area contributed by atoms with E-state index in [2.05, 4.69) is 36.0 Å². The van der Waals surface area contributed by atoms with Gasteiger partial charge >= 0.3 is 0 Å². The zero-order chi connectivity index (χ0) is 12.4. The lowest BCUT2D eigenvalue weighted by Gasteiger charge is -2.26. The molecule has 17 heavy (non-hydrogen) atoms. The van der Waals surface area contributed by atoms with Crippen molar-refractivity contribution in [3.05, 3.63) is 23.8 Å². The van der Waals surface area contributed by atoms with Crippen LogP contribution in [0.5, 0.6) is 11.5 Å². The SMILES string of the molecule is COc1cc(OC)cc(C2N(C)CCN2C)c1. The van der Waals surface area contributed by atoms with Gasteiger partial charge in [0.25, 0.3) is 0 Å². The predicted molar refractivity (Wildman–Crippen MR) is 67.5 cm³/mol. The van der Waals surface area contributed by atoms with Crippen molar-refractivity contribution in [2.75, 3.05) is 41.4 Å². The summed E-state index contributed by atoms with van der Waals surface area (Å²) in [5, 5.41) is 0. The molecule has 0 bridgehead atoms. The monoisotopic (exact) mass is 236 g/mol. The van der Waals surface area contributed by atoms with Gasteiger partial charge in [0, 0.05) is 19.2 Å². The minimum atomic E-state index is 0.305. The fraction of sp³-hybridized carbons (Fsp3) is 0.538. The maximum absolute atomic E-state index is 5.31. The molecule has 0 radical (unpaired) electrons. The standard InChI is InChI=1S/C13H20N2O2/c1-14-5-6-15(2)13(14)10-7-11(16-3)9-12(8-10)17-4/h7-9,13H,5-6H2,1-4H3. The molecule has 0 N–H and O–H groups in total. The van der Waals surface area contributed by atoms with Crippen molar-refractivity contribution in [3.8, 4) is 11.5 Å². The van der Waals surface area contributed by atoms with Gasteiger partial charge in [-0.2, -0.15) is 0 Å². The van der Waals surface area contributed by atoms with Crippen molar-refractivity contribution in [2.45, 2.75) is 6.17 Å². The predicted octanol–water partition coefficient (Wildman–Crippen LogP) is 1.58. The van der Waals surface area contributed by atoms with Crippen LogP contribution in [0, 0.1) is 0 Å². The molecule has 2 rings (SSSR count). The minimum Gasteiger partial charge on any atom is -0.497 e. The molecule has 1 saturated heterocycles. The number of benzene rings is 1. The number of ether oxygens (including phenoxy) is 2. The Labute approximate surface area is 103 Å². The summed E-state index contributed by atoms with van der Waals surface area (Å²) in [7, 11) is 7.64. The quantitative estimate of drug-likeness (QED) is 0.795. The van der Waals surface area contributed by atoms with Crippen molar-refractivity contribution in [1.82, 2.24) is 9.80 Å². The van der Waals surface area contributed by atoms with Gasteiger partial charge in [0.15, 0.2) is 0 Å². The van der Waals surface area contributed by atoms with E-state index in [-0.39, 0.29) is 0 Å². The Kier molecular flexibility index (Phi) is 3.54. The average molecular weight is 236 g/mol. The Morgan fingerprint density at radius 3 is 1.82 bits per heavy atom. The largest absolute Gasteiger partial charge is 0.497 e. The van der Waals surface area contributed by atoms with Gasteiger partial charge in [-0.25, -0.2) is 0 Å². The summed E-state index contributed by atoms with van der Waals surface area (Å²) >= 11 is 0. The maximum atomic E-state index is 5.31. The van der Waals surface area contributed by atoms with Gasteiger partial charge in [-0.05, 0) is 31.8 Å². The van der Waals surface area contributed by atoms with Gasteiger partial charge in [-0.15, -0.1) is 0 Å². The maximum Gasteiger partial charge on any atom is 0.122 e. The molecule has 1 aliphatic rings. The Morgan fingerprint density at radius 2 is 1.41 bits per heavy atom. The first-order valence-corrected chi connectivity index (χ1v) is 5.79. The lowest BCUT2D eigenvalue weighted by Crippen LogP contribution is -2.25. The second-order valence-corrected chi connectivity index (χ2v) is 4.48. The molecule has 1 fully saturated rings. The van der Waals surface area contributed by atoms with Crippen molar-refractivity contribution < 1.29 is 9.47 Å². The summed E-state index contributed by atoms with van der Waals surface area (Å²) in [4.78, 5) is 4.66. The van der Waals surface area contributed by atoms with E-state index in [1.54, 1.807) is 14.2 Å². The van der Waals surface area contributed by atoms with E-state index < -0.39 is 0 Å². The number of likely N-dealkylation sites (N-methyl/N-ethyl adjacent to an activating group) is 2. The fourth-order valence-electron chi connectivity index (χ4n) is 2.38. The summed E-state index contributed by atoms with van der Waals surface area (Å²) < 4.78 is 10.6. The second-order valence-electron chi connectivity index (χ2n) is 4.48. The van der Waals surface area contributed by atoms with Crippen LogP contribution in [0.3, 0.4) is 0 Å². The van der Waals surface area contributed by atoms with Gasteiger partial charge in [0.1, 0.15) is 11.5 Å². The molecule has 0 spiro atoms. The summed E-state index contributed by atoms with van der Waals surface area (Å²) in [6.07, 6.45) is 0.305. The van der Waals surface area contributed by atoms with Crippen LogP contribution < -0.4 is 9.47 Å². The van der Waals surface area contributed by atoms with E-state index in [1.807, 2.05) is 6.07 Å². The van der Waals surface area contributed by atoms with Crippen LogP contribution in [0.25, 0.3) is 0 Å². The van der Waals surface area contributed by atoms with Gasteiger partial charge in [-0.3, -0.25) is 9.80 Å². The van der Waals surface area contributed by atoms with Crippen molar-refractivity contribution in [2.24, 2.45) is 0 Å². The van der Waals surface area contributed by atoms with Crippen LogP contribution in [0.2, 0.25) is 0 Å². The number of methoxy groups -OCH3 is 2. The van der Waals surface area contributed by atoms with Crippen LogP contribution in [-0.4, -0.2) is 51.2 Å². The molecule has 94 valence electrons. The van der Waals surface area contributed by atoms with Crippen molar-refractivity contribution >= 4 is 0 Å². The topological polar surface area (TPSA) is 24.9 Å². The van der Waals surface area contributed by atoms with Crippen LogP contribution in [0.4, 0.5) is 0 Å². The van der Waals surface area contributed by atoms with Gasteiger partial charge < -0.3 is 9.47 Å². The molecule has 4 nitrogen and oxygen atoms in total. The number of hydrogen-bond acceptors (Lipinski definition) is 4. The molecule has 4 heteroatoms. The first kappa shape index (κ1) is 12.2. The first-order chi connectivity index (χ1) is 8.15. The van der Waals surface area contributed by atoms with Crippen LogP contribution in [0.15, 0.2) is 18.2 Å². The highest BCUT2D eigenvalue weighted by molar-refractivity contribution is 5.39. The molecule has 1 aromatic carbocycles. The zero-order valence-electron chi connectivity index (χ0n) is 10.9. The van der Waals surface area contributed by atoms with E-state index in [0.29, 0.717) is 6.17 Å². The molecule has 0 unspecified atom stereocenters. The highest BCUT2D eigenvalue weighted by atomic mass is 16.5. The molecular formula is C13H20N2O2. The van der Waals surface area contributed by atoms with Crippen LogP contribution in [-0.2, 0) is 0 Å². The van der Waals surface area contributed by atoms with Gasteiger partial charge in [0.2, 0.25) is 0 Å². The molecule has 1 heterocycles. The van der Waals surface area contributed by atoms with Gasteiger partial charge in [-0.1, -0.05) is 0 Å². The molecule has 0 atom stereocenters. The third-order valence-electron chi connectivity index (χ3n) is 3.31. The molecule has 0 aromatic heterocycles. The molecule has 0 amide bonds. The Morgan fingerprint density at radius 1 is 0.941 bits per heavy atom. The first-order valence-electron chi connectivity index (χ1n) is 5.79. The lowest BCUT2D eigenvalue weighted by atomic mass is 10.1. The molecule has 1 aliphatic heterocycles. The third-order valence-corrected chi connectivity index (χ3v) is 3.31. The highest BCUT2D eigenvalue weighted by Crippen LogP contribution is 2.32. The second kappa shape index (κ2) is 4.94. The van der Waals surface area contributed by atoms with Crippen LogP contribution in [0.1, 0.15) is 11.7 Å². The summed E-state index contributed by atoms with van der Waals surface area (Å²) in [5.74, 6) is 1.68. The number of hydrogen-bond donors (Lipinski definition) is 0. The van der Waals surface area contributed by atoms with E-state index in [0.717, 1.165) is 24.6 Å². The highest BCUT2D eigenvalue weighted by Gasteiger charge is 2.28. The van der Waals surface area contributed by atoms with Crippen LogP contribution >= 0.6 is 0 Å². The lowest BCUT2D eigenvalue weighted by molar-refractivity contribution is 0.190. The fourth-order valence-corrected chi connectivity index (χ4v) is 2.38. The van der Waals surface area contributed by atoms with E-state index in [4.69, 9.17) is 9.47 Å². The minimum absolute atomic E-state index is 0.305. The smallest absolute Gasteiger partial charge is 0.122 e. The number of nitrogens with zero attached hydrogens (tertiary/aromatic N) is 2. The Bertz CT molecular complexity index is 363. The van der Waals surface area contributed by atoms with Crippen molar-refractivity contribution in [3.63, 3.8) is 0 Å². The zero-order valence-corrected chi connectivity index (χ0v) is 10.9. The molecule has 1 aromatic rings. The summed E-state index contributed by atoms with van der Waals surface area (Å²) in [6, 6.07) is 6.05. The normalized spacial score (nSPS) is 18.6. The Hall–Kier alpha value is -1.26. The Balaban J connectivity index is 2.36.